The van der Waals surface area contributed by atoms with Gasteiger partial charge in [0.1, 0.15) is 17.7 Å². The van der Waals surface area contributed by atoms with Gasteiger partial charge in [-0.25, -0.2) is 8.78 Å². The second-order valence-electron chi connectivity index (χ2n) is 12.3. The SMILES string of the molecule is C=C/C=C\C=N.CCCC(CCC)SCC(NC(C)=O)C(=O)NCC(O)C(O)C(C(=O)NCc1ccccc1)C(C)C.Cc1cc(F)cc(F)c1. The van der Waals surface area contributed by atoms with Gasteiger partial charge in [0.15, 0.2) is 0 Å². The number of halogens is 2. The molecule has 0 aromatic heterocycles. The molecule has 2 aromatic carbocycles. The molecule has 2 aromatic rings. The quantitative estimate of drug-likeness (QED) is 0.0740. The van der Waals surface area contributed by atoms with E-state index in [1.54, 1.807) is 50.8 Å². The van der Waals surface area contributed by atoms with Crippen LogP contribution < -0.4 is 16.0 Å². The summed E-state index contributed by atoms with van der Waals surface area (Å²) in [7, 11) is 0. The number of carbonyl (C=O) groups excluding carboxylic acids is 3. The molecule has 0 aliphatic heterocycles. The van der Waals surface area contributed by atoms with Crippen molar-refractivity contribution in [1.29, 1.82) is 5.41 Å². The number of rotatable bonds is 19. The van der Waals surface area contributed by atoms with Crippen LogP contribution in [0.3, 0.4) is 0 Å². The van der Waals surface area contributed by atoms with Crippen molar-refractivity contribution in [2.75, 3.05) is 12.3 Å². The maximum atomic E-state index is 12.8. The third-order valence-corrected chi connectivity index (χ3v) is 8.81. The molecule has 0 heterocycles. The summed E-state index contributed by atoms with van der Waals surface area (Å²) >= 11 is 1.67. The number of aryl methyl sites for hydroxylation is 1. The molecule has 2 rings (SSSR count). The molecule has 0 bridgehead atoms. The topological polar surface area (TPSA) is 152 Å². The van der Waals surface area contributed by atoms with Crippen molar-refractivity contribution in [1.82, 2.24) is 16.0 Å². The molecule has 6 N–H and O–H groups in total. The van der Waals surface area contributed by atoms with Gasteiger partial charge in [0.05, 0.1) is 18.1 Å². The van der Waals surface area contributed by atoms with Gasteiger partial charge in [-0.05, 0) is 55.0 Å². The van der Waals surface area contributed by atoms with Gasteiger partial charge >= 0.3 is 0 Å². The zero-order valence-electron chi connectivity index (χ0n) is 30.8. The minimum Gasteiger partial charge on any atom is -0.390 e. The Morgan fingerprint density at radius 3 is 1.98 bits per heavy atom. The molecule has 4 atom stereocenters. The lowest BCUT2D eigenvalue weighted by molar-refractivity contribution is -0.135. The van der Waals surface area contributed by atoms with Crippen molar-refractivity contribution in [2.45, 2.75) is 97.3 Å². The highest BCUT2D eigenvalue weighted by Gasteiger charge is 2.35. The van der Waals surface area contributed by atoms with Gasteiger partial charge in [-0.1, -0.05) is 89.6 Å². The zero-order valence-corrected chi connectivity index (χ0v) is 31.6. The fraction of sp³-hybridized carbons (Fsp3) is 0.487. The first kappa shape index (κ1) is 47.1. The van der Waals surface area contributed by atoms with Gasteiger partial charge in [-0.2, -0.15) is 11.8 Å². The molecule has 0 saturated heterocycles. The summed E-state index contributed by atoms with van der Waals surface area (Å²) in [5.74, 6) is -2.81. The van der Waals surface area contributed by atoms with Crippen molar-refractivity contribution in [3.63, 3.8) is 0 Å². The Labute approximate surface area is 307 Å². The van der Waals surface area contributed by atoms with Crippen molar-refractivity contribution in [3.8, 4) is 0 Å². The van der Waals surface area contributed by atoms with Crippen LogP contribution in [0.1, 0.15) is 71.4 Å². The average Bonchev–Trinajstić information content (AvgIpc) is 3.07. The Bertz CT molecular complexity index is 1280. The average molecular weight is 733 g/mol. The van der Waals surface area contributed by atoms with Gasteiger partial charge in [-0.3, -0.25) is 14.4 Å². The second-order valence-corrected chi connectivity index (χ2v) is 13.6. The van der Waals surface area contributed by atoms with Crippen LogP contribution >= 0.6 is 11.8 Å². The summed E-state index contributed by atoms with van der Waals surface area (Å²) < 4.78 is 24.4. The highest BCUT2D eigenvalue weighted by atomic mass is 32.2. The first-order valence-electron chi connectivity index (χ1n) is 17.2. The van der Waals surface area contributed by atoms with Crippen LogP contribution in [0.25, 0.3) is 0 Å². The Balaban J connectivity index is 0.00000136. The monoisotopic (exact) mass is 732 g/mol. The summed E-state index contributed by atoms with van der Waals surface area (Å²) in [4.78, 5) is 37.3. The number of nitrogens with one attached hydrogen (secondary N) is 4. The second kappa shape index (κ2) is 27.8. The van der Waals surface area contributed by atoms with Gasteiger partial charge in [0.2, 0.25) is 17.7 Å². The van der Waals surface area contributed by atoms with E-state index < -0.39 is 41.7 Å². The molecule has 51 heavy (non-hydrogen) atoms. The third kappa shape index (κ3) is 21.8. The summed E-state index contributed by atoms with van der Waals surface area (Å²) in [6.07, 6.45) is 7.62. The number of allylic oxidation sites excluding steroid dienone is 3. The molecule has 0 fully saturated rings. The fourth-order valence-corrected chi connectivity index (χ4v) is 6.39. The maximum absolute atomic E-state index is 12.8. The third-order valence-electron chi connectivity index (χ3n) is 7.34. The van der Waals surface area contributed by atoms with Crippen LogP contribution in [0.15, 0.2) is 73.3 Å². The molecular formula is C39H58F2N4O5S. The molecular weight excluding hydrogens is 675 g/mol. The normalized spacial score (nSPS) is 13.1. The highest BCUT2D eigenvalue weighted by Crippen LogP contribution is 2.22. The predicted octanol–water partition coefficient (Wildman–Crippen LogP) is 6.27. The van der Waals surface area contributed by atoms with Gasteiger partial charge < -0.3 is 31.6 Å². The first-order chi connectivity index (χ1) is 24.2. The number of amides is 3. The minimum atomic E-state index is -1.37. The Kier molecular flexibility index (Phi) is 25.7. The standard InChI is InChI=1S/C27H45N3O5S.C7H6F2.C5H7N/c1-6-11-21(12-7-2)36-17-22(30-19(5)31)26(34)29-16-23(32)25(33)24(18(3)4)27(35)28-15-20-13-9-8-10-14-20;1-5-2-6(8)4-7(9)3-5;1-2-3-4-5-6/h8-10,13-14,18,21-25,32-33H,6-7,11-12,15-17H2,1-5H3,(H,28,35)(H,29,34)(H,30,31);2-4H,1H3;2-6H,1H2/b;;4-3-,6-5?. The van der Waals surface area contributed by atoms with Crippen molar-refractivity contribution in [3.05, 3.63) is 96.1 Å². The van der Waals surface area contributed by atoms with E-state index >= 15 is 0 Å². The minimum absolute atomic E-state index is 0.233. The fourth-order valence-electron chi connectivity index (χ4n) is 4.88. The first-order valence-corrected chi connectivity index (χ1v) is 18.3. The molecule has 0 aliphatic carbocycles. The van der Waals surface area contributed by atoms with E-state index in [4.69, 9.17) is 5.41 Å². The smallest absolute Gasteiger partial charge is 0.243 e. The zero-order chi connectivity index (χ0) is 38.8. The largest absolute Gasteiger partial charge is 0.390 e. The van der Waals surface area contributed by atoms with Crippen LogP contribution in [0.2, 0.25) is 0 Å². The van der Waals surface area contributed by atoms with E-state index in [1.807, 2.05) is 30.3 Å². The van der Waals surface area contributed by atoms with Crippen molar-refractivity contribution >= 4 is 35.7 Å². The van der Waals surface area contributed by atoms with Crippen LogP contribution in [0.5, 0.6) is 0 Å². The van der Waals surface area contributed by atoms with Crippen LogP contribution in [-0.2, 0) is 20.9 Å². The summed E-state index contributed by atoms with van der Waals surface area (Å²) in [6, 6.07) is 12.1. The van der Waals surface area contributed by atoms with E-state index in [0.29, 0.717) is 23.1 Å². The van der Waals surface area contributed by atoms with E-state index in [1.165, 1.54) is 25.3 Å². The lowest BCUT2D eigenvalue weighted by Gasteiger charge is -2.29. The van der Waals surface area contributed by atoms with Gasteiger partial charge in [0.25, 0.3) is 0 Å². The molecule has 0 saturated carbocycles. The number of aliphatic hydroxyl groups is 2. The molecule has 284 valence electrons. The van der Waals surface area contributed by atoms with Gasteiger partial charge in [0, 0.05) is 43.3 Å². The molecule has 0 spiro atoms. The van der Waals surface area contributed by atoms with Crippen molar-refractivity contribution in [2.24, 2.45) is 11.8 Å². The summed E-state index contributed by atoms with van der Waals surface area (Å²) in [5, 5.41) is 36.4. The predicted molar refractivity (Wildman–Crippen MR) is 205 cm³/mol. The van der Waals surface area contributed by atoms with Crippen LogP contribution in [-0.4, -0.2) is 69.9 Å². The molecule has 0 aliphatic rings. The Hall–Kier alpha value is -3.87. The molecule has 4 unspecified atom stereocenters. The number of hydrogen-bond donors (Lipinski definition) is 6. The van der Waals surface area contributed by atoms with Crippen molar-refractivity contribution < 1.29 is 33.4 Å². The highest BCUT2D eigenvalue weighted by molar-refractivity contribution is 7.99. The number of carbonyl (C=O) groups is 3. The summed E-state index contributed by atoms with van der Waals surface area (Å²) in [5.41, 5.74) is 1.53. The lowest BCUT2D eigenvalue weighted by atomic mass is 9.86. The van der Waals surface area contributed by atoms with E-state index in [9.17, 15) is 33.4 Å². The van der Waals surface area contributed by atoms with Crippen LogP contribution in [0, 0.1) is 35.8 Å². The number of aliphatic hydroxyl groups excluding tert-OH is 2. The van der Waals surface area contributed by atoms with Crippen LogP contribution in [0.4, 0.5) is 8.78 Å². The Morgan fingerprint density at radius 2 is 1.53 bits per heavy atom. The van der Waals surface area contributed by atoms with E-state index in [-0.39, 0.29) is 24.3 Å². The molecule has 0 radical (unpaired) electrons. The number of benzene rings is 2. The molecule has 3 amide bonds. The number of hydrogen-bond acceptors (Lipinski definition) is 7. The number of thioether (sulfide) groups is 1. The Morgan fingerprint density at radius 1 is 0.941 bits per heavy atom. The lowest BCUT2D eigenvalue weighted by Crippen LogP contribution is -2.52. The maximum Gasteiger partial charge on any atom is 0.243 e. The molecule has 9 nitrogen and oxygen atoms in total. The van der Waals surface area contributed by atoms with E-state index in [0.717, 1.165) is 37.3 Å². The molecule has 12 heteroatoms. The summed E-state index contributed by atoms with van der Waals surface area (Å²) in [6.45, 7) is 14.3. The van der Waals surface area contributed by atoms with E-state index in [2.05, 4.69) is 36.4 Å². The van der Waals surface area contributed by atoms with Gasteiger partial charge in [-0.15, -0.1) is 0 Å².